The first-order valence-electron chi connectivity index (χ1n) is 15.2. The number of pyridine rings is 1. The predicted molar refractivity (Wildman–Crippen MR) is 163 cm³/mol. The van der Waals surface area contributed by atoms with Gasteiger partial charge in [0.2, 0.25) is 0 Å². The van der Waals surface area contributed by atoms with Gasteiger partial charge in [0.25, 0.3) is 5.91 Å². The van der Waals surface area contributed by atoms with E-state index in [0.29, 0.717) is 17.4 Å². The fraction of sp³-hybridized carbons (Fsp3) is 0.441. The number of aromatic nitrogens is 3. The van der Waals surface area contributed by atoms with Crippen LogP contribution in [0.3, 0.4) is 0 Å². The molecule has 1 unspecified atom stereocenters. The Balaban J connectivity index is 1.15. The Morgan fingerprint density at radius 1 is 1.02 bits per heavy atom. The molecule has 1 amide bonds. The fourth-order valence-corrected chi connectivity index (χ4v) is 6.49. The summed E-state index contributed by atoms with van der Waals surface area (Å²) in [4.78, 5) is 20.6. The van der Waals surface area contributed by atoms with Crippen LogP contribution in [0.4, 0.5) is 0 Å². The Bertz CT molecular complexity index is 1440. The number of piperidine rings is 1. The summed E-state index contributed by atoms with van der Waals surface area (Å²) >= 11 is 0. The number of benzene rings is 2. The number of amides is 1. The number of hydrogen-bond acceptors (Lipinski definition) is 5. The first-order chi connectivity index (χ1) is 20.0. The Morgan fingerprint density at radius 2 is 1.80 bits per heavy atom. The molecule has 1 saturated heterocycles. The van der Waals surface area contributed by atoms with Gasteiger partial charge in [0.1, 0.15) is 11.9 Å². The average molecular weight is 552 g/mol. The summed E-state index contributed by atoms with van der Waals surface area (Å²) in [5.41, 5.74) is 4.29. The molecule has 2 aromatic carbocycles. The lowest BCUT2D eigenvalue weighted by atomic mass is 9.94. The Labute approximate surface area is 242 Å². The van der Waals surface area contributed by atoms with Gasteiger partial charge < -0.3 is 15.0 Å². The van der Waals surface area contributed by atoms with Crippen molar-refractivity contribution in [2.24, 2.45) is 11.8 Å². The summed E-state index contributed by atoms with van der Waals surface area (Å²) in [5.74, 6) is 1.92. The molecule has 0 spiro atoms. The van der Waals surface area contributed by atoms with Crippen molar-refractivity contribution in [2.45, 2.75) is 64.5 Å². The highest BCUT2D eigenvalue weighted by Crippen LogP contribution is 2.35. The SMILES string of the molecule is CC(C)CN1CCC(Oc2ccc(-c3n[nH]c4ccc(C(=O)NC(c5ccccn5)C5CCCC5)cc34)cc2)CC1. The maximum absolute atomic E-state index is 13.5. The second kappa shape index (κ2) is 12.4. The van der Waals surface area contributed by atoms with Crippen molar-refractivity contribution in [3.05, 3.63) is 78.1 Å². The lowest BCUT2D eigenvalue weighted by Gasteiger charge is -2.33. The third kappa shape index (κ3) is 6.46. The Morgan fingerprint density at radius 3 is 2.51 bits per heavy atom. The molecule has 6 rings (SSSR count). The number of aromatic amines is 1. The summed E-state index contributed by atoms with van der Waals surface area (Å²) in [6.45, 7) is 7.91. The normalized spacial score (nSPS) is 17.7. The molecule has 41 heavy (non-hydrogen) atoms. The number of carbonyl (C=O) groups excluding carboxylic acids is 1. The van der Waals surface area contributed by atoms with Gasteiger partial charge in [0, 0.05) is 42.3 Å². The molecule has 0 bridgehead atoms. The number of ether oxygens (including phenoxy) is 1. The fourth-order valence-electron chi connectivity index (χ4n) is 6.49. The van der Waals surface area contributed by atoms with Crippen LogP contribution in [0.2, 0.25) is 0 Å². The van der Waals surface area contributed by atoms with Crippen LogP contribution in [0.25, 0.3) is 22.2 Å². The van der Waals surface area contributed by atoms with Gasteiger partial charge >= 0.3 is 0 Å². The quantitative estimate of drug-likeness (QED) is 0.239. The van der Waals surface area contributed by atoms with Gasteiger partial charge in [-0.05, 0) is 92.1 Å². The monoisotopic (exact) mass is 551 g/mol. The number of rotatable bonds is 9. The molecule has 1 aliphatic heterocycles. The van der Waals surface area contributed by atoms with Crippen LogP contribution < -0.4 is 10.1 Å². The van der Waals surface area contributed by atoms with Crippen molar-refractivity contribution in [3.8, 4) is 17.0 Å². The number of hydrogen-bond donors (Lipinski definition) is 2. The van der Waals surface area contributed by atoms with E-state index in [-0.39, 0.29) is 18.1 Å². The minimum absolute atomic E-state index is 0.0789. The predicted octanol–water partition coefficient (Wildman–Crippen LogP) is 6.79. The van der Waals surface area contributed by atoms with Gasteiger partial charge in [-0.15, -0.1) is 0 Å². The smallest absolute Gasteiger partial charge is 0.251 e. The zero-order valence-corrected chi connectivity index (χ0v) is 24.2. The third-order valence-corrected chi connectivity index (χ3v) is 8.58. The first-order valence-corrected chi connectivity index (χ1v) is 15.2. The van der Waals surface area contributed by atoms with Crippen molar-refractivity contribution in [3.63, 3.8) is 0 Å². The largest absolute Gasteiger partial charge is 0.490 e. The molecule has 2 fully saturated rings. The molecule has 4 aromatic rings. The van der Waals surface area contributed by atoms with Crippen LogP contribution in [-0.4, -0.2) is 51.7 Å². The van der Waals surface area contributed by atoms with Crippen LogP contribution in [0.15, 0.2) is 66.9 Å². The maximum atomic E-state index is 13.5. The van der Waals surface area contributed by atoms with Crippen molar-refractivity contribution in [2.75, 3.05) is 19.6 Å². The van der Waals surface area contributed by atoms with Gasteiger partial charge in [-0.1, -0.05) is 32.8 Å². The van der Waals surface area contributed by atoms with E-state index in [4.69, 9.17) is 4.74 Å². The minimum Gasteiger partial charge on any atom is -0.490 e. The van der Waals surface area contributed by atoms with E-state index in [1.165, 1.54) is 12.8 Å². The zero-order chi connectivity index (χ0) is 28.2. The number of nitrogens with one attached hydrogen (secondary N) is 2. The van der Waals surface area contributed by atoms with Crippen LogP contribution in [0.5, 0.6) is 5.75 Å². The Kier molecular flexibility index (Phi) is 8.33. The van der Waals surface area contributed by atoms with E-state index >= 15 is 0 Å². The van der Waals surface area contributed by atoms with Crippen LogP contribution in [0.1, 0.15) is 74.5 Å². The molecule has 1 aliphatic carbocycles. The highest BCUT2D eigenvalue weighted by Gasteiger charge is 2.29. The molecule has 2 N–H and O–H groups in total. The van der Waals surface area contributed by atoms with Crippen molar-refractivity contribution in [1.29, 1.82) is 0 Å². The molecular formula is C34H41N5O2. The van der Waals surface area contributed by atoms with Gasteiger partial charge in [-0.25, -0.2) is 0 Å². The molecule has 7 nitrogen and oxygen atoms in total. The van der Waals surface area contributed by atoms with Crippen molar-refractivity contribution in [1.82, 2.24) is 25.4 Å². The average Bonchev–Trinajstić information content (AvgIpc) is 3.68. The van der Waals surface area contributed by atoms with E-state index in [1.54, 1.807) is 6.20 Å². The lowest BCUT2D eigenvalue weighted by molar-refractivity contribution is 0.0920. The van der Waals surface area contributed by atoms with E-state index in [2.05, 4.69) is 51.4 Å². The number of fused-ring (bicyclic) bond motifs is 1. The molecule has 2 aromatic heterocycles. The summed E-state index contributed by atoms with van der Waals surface area (Å²) < 4.78 is 6.32. The van der Waals surface area contributed by atoms with Gasteiger partial charge in [0.05, 0.1) is 22.9 Å². The second-order valence-corrected chi connectivity index (χ2v) is 12.1. The summed E-state index contributed by atoms with van der Waals surface area (Å²) in [5, 5.41) is 12.0. The molecular weight excluding hydrogens is 510 g/mol. The zero-order valence-electron chi connectivity index (χ0n) is 24.2. The van der Waals surface area contributed by atoms with Gasteiger partial charge in [-0.3, -0.25) is 14.9 Å². The van der Waals surface area contributed by atoms with Crippen molar-refractivity contribution >= 4 is 16.8 Å². The standard InChI is InChI=1S/C34H41N5O2/c1-23(2)22-39-19-16-28(17-20-39)41-27-13-10-25(11-14-27)32-29-21-26(12-15-30(29)37-38-32)34(40)36-33(24-7-3-4-8-24)31-9-5-6-18-35-31/h5-6,9-15,18,21,23-24,28,33H,3-4,7-8,16-17,19-20,22H2,1-2H3,(H,36,40)(H,37,38). The lowest BCUT2D eigenvalue weighted by Crippen LogP contribution is -2.39. The minimum atomic E-state index is -0.0827. The molecule has 0 radical (unpaired) electrons. The number of H-pyrrole nitrogens is 1. The molecule has 2 aliphatic rings. The number of carbonyl (C=O) groups is 1. The van der Waals surface area contributed by atoms with Crippen molar-refractivity contribution < 1.29 is 9.53 Å². The van der Waals surface area contributed by atoms with Crippen LogP contribution in [0, 0.1) is 11.8 Å². The summed E-state index contributed by atoms with van der Waals surface area (Å²) in [6, 6.07) is 19.8. The second-order valence-electron chi connectivity index (χ2n) is 12.1. The van der Waals surface area contributed by atoms with E-state index in [9.17, 15) is 4.79 Å². The molecule has 7 heteroatoms. The maximum Gasteiger partial charge on any atom is 0.251 e. The molecule has 1 saturated carbocycles. The molecule has 214 valence electrons. The summed E-state index contributed by atoms with van der Waals surface area (Å²) in [6.07, 6.45) is 8.82. The highest BCUT2D eigenvalue weighted by molar-refractivity contribution is 6.01. The summed E-state index contributed by atoms with van der Waals surface area (Å²) in [7, 11) is 0. The Hall–Kier alpha value is -3.71. The molecule has 1 atom stereocenters. The van der Waals surface area contributed by atoms with Crippen LogP contribution in [-0.2, 0) is 0 Å². The first kappa shape index (κ1) is 27.5. The van der Waals surface area contributed by atoms with Gasteiger partial charge in [0.15, 0.2) is 0 Å². The van der Waals surface area contributed by atoms with Crippen LogP contribution >= 0.6 is 0 Å². The topological polar surface area (TPSA) is 83.1 Å². The van der Waals surface area contributed by atoms with E-state index in [1.807, 2.05) is 48.5 Å². The van der Waals surface area contributed by atoms with E-state index < -0.39 is 0 Å². The van der Waals surface area contributed by atoms with Gasteiger partial charge in [-0.2, -0.15) is 5.10 Å². The van der Waals surface area contributed by atoms with E-state index in [0.717, 1.165) is 78.9 Å². The highest BCUT2D eigenvalue weighted by atomic mass is 16.5. The molecule has 3 heterocycles. The third-order valence-electron chi connectivity index (χ3n) is 8.58. The number of nitrogens with zero attached hydrogens (tertiary/aromatic N) is 3. The number of likely N-dealkylation sites (tertiary alicyclic amines) is 1.